The Labute approximate surface area is 121 Å². The van der Waals surface area contributed by atoms with Crippen LogP contribution in [0.25, 0.3) is 0 Å². The highest BCUT2D eigenvalue weighted by atomic mass is 16.1. The third-order valence-corrected chi connectivity index (χ3v) is 5.65. The molecule has 3 atom stereocenters. The number of hydrogen-bond donors (Lipinski definition) is 0. The van der Waals surface area contributed by atoms with Crippen LogP contribution in [-0.2, 0) is 23.1 Å². The molecule has 0 saturated heterocycles. The fourth-order valence-electron chi connectivity index (χ4n) is 4.91. The molecule has 0 aliphatic heterocycles. The summed E-state index contributed by atoms with van der Waals surface area (Å²) < 4.78 is 0. The van der Waals surface area contributed by atoms with E-state index in [-0.39, 0.29) is 5.41 Å². The minimum atomic E-state index is 0.148. The molecule has 104 valence electrons. The van der Waals surface area contributed by atoms with Gasteiger partial charge in [-0.15, -0.1) is 0 Å². The fourth-order valence-corrected chi connectivity index (χ4v) is 4.91. The maximum atomic E-state index is 12.3. The van der Waals surface area contributed by atoms with Crippen molar-refractivity contribution in [2.45, 2.75) is 50.9 Å². The van der Waals surface area contributed by atoms with Crippen molar-refractivity contribution >= 4 is 5.78 Å². The second-order valence-electron chi connectivity index (χ2n) is 6.98. The van der Waals surface area contributed by atoms with Crippen LogP contribution in [0.1, 0.15) is 49.3 Å². The molecule has 3 unspecified atom stereocenters. The molecule has 1 nitrogen and oxygen atoms in total. The first-order chi connectivity index (χ1) is 9.71. The van der Waals surface area contributed by atoms with Gasteiger partial charge in [0.15, 0.2) is 0 Å². The molecule has 1 fully saturated rings. The lowest BCUT2D eigenvalue weighted by molar-refractivity contribution is -0.120. The fraction of sp³-hybridized carbons (Fsp3) is 0.526. The van der Waals surface area contributed by atoms with Gasteiger partial charge in [0, 0.05) is 18.3 Å². The predicted octanol–water partition coefficient (Wildman–Crippen LogP) is 3.99. The van der Waals surface area contributed by atoms with Crippen LogP contribution in [0, 0.1) is 11.8 Å². The van der Waals surface area contributed by atoms with Crippen molar-refractivity contribution in [3.63, 3.8) is 0 Å². The van der Waals surface area contributed by atoms with Crippen molar-refractivity contribution in [3.05, 3.63) is 47.0 Å². The second kappa shape index (κ2) is 4.31. The van der Waals surface area contributed by atoms with Crippen molar-refractivity contribution in [1.29, 1.82) is 0 Å². The molecule has 3 aliphatic rings. The number of allylic oxidation sites excluding steroid dienone is 2. The molecule has 1 saturated carbocycles. The van der Waals surface area contributed by atoms with Crippen LogP contribution in [0.4, 0.5) is 0 Å². The van der Waals surface area contributed by atoms with Crippen molar-refractivity contribution in [2.24, 2.45) is 11.8 Å². The van der Waals surface area contributed by atoms with Crippen molar-refractivity contribution in [1.82, 2.24) is 0 Å². The first-order valence-electron chi connectivity index (χ1n) is 8.03. The number of carbonyl (C=O) groups excluding carboxylic acids is 1. The number of rotatable bonds is 2. The molecule has 1 spiro atoms. The van der Waals surface area contributed by atoms with Crippen LogP contribution in [0.2, 0.25) is 0 Å². The number of carbonyl (C=O) groups is 1. The van der Waals surface area contributed by atoms with Gasteiger partial charge in [-0.2, -0.15) is 0 Å². The molecule has 3 aliphatic carbocycles. The summed E-state index contributed by atoms with van der Waals surface area (Å²) in [5.41, 5.74) is 4.37. The molecule has 2 bridgehead atoms. The topological polar surface area (TPSA) is 17.1 Å². The van der Waals surface area contributed by atoms with Gasteiger partial charge in [0.2, 0.25) is 0 Å². The molecule has 0 aromatic heterocycles. The van der Waals surface area contributed by atoms with Crippen molar-refractivity contribution in [2.75, 3.05) is 0 Å². The van der Waals surface area contributed by atoms with E-state index in [2.05, 4.69) is 37.3 Å². The Morgan fingerprint density at radius 1 is 1.30 bits per heavy atom. The minimum absolute atomic E-state index is 0.148. The molecule has 20 heavy (non-hydrogen) atoms. The third kappa shape index (κ3) is 1.65. The number of aryl methyl sites for hydroxylation is 1. The van der Waals surface area contributed by atoms with Gasteiger partial charge in [0.05, 0.1) is 0 Å². The lowest BCUT2D eigenvalue weighted by Gasteiger charge is -2.40. The Kier molecular flexibility index (Phi) is 2.67. The van der Waals surface area contributed by atoms with Gasteiger partial charge in [-0.3, -0.25) is 4.79 Å². The predicted molar refractivity (Wildman–Crippen MR) is 80.8 cm³/mol. The summed E-state index contributed by atoms with van der Waals surface area (Å²) in [7, 11) is 0. The van der Waals surface area contributed by atoms with Crippen LogP contribution < -0.4 is 0 Å². The molecule has 1 heteroatoms. The van der Waals surface area contributed by atoms with Crippen LogP contribution in [0.15, 0.2) is 30.4 Å². The number of hydrogen-bond acceptors (Lipinski definition) is 1. The van der Waals surface area contributed by atoms with Gasteiger partial charge in [-0.25, -0.2) is 0 Å². The average molecular weight is 266 g/mol. The van der Waals surface area contributed by atoms with Crippen molar-refractivity contribution in [3.8, 4) is 0 Å². The summed E-state index contributed by atoms with van der Waals surface area (Å²) in [5, 5.41) is 0. The largest absolute Gasteiger partial charge is 0.299 e. The van der Waals surface area contributed by atoms with E-state index in [9.17, 15) is 4.79 Å². The average Bonchev–Trinajstić information content (AvgIpc) is 2.99. The maximum Gasteiger partial charge on any atom is 0.138 e. The molecule has 0 radical (unpaired) electrons. The molecule has 0 amide bonds. The van der Waals surface area contributed by atoms with E-state index in [0.717, 1.165) is 12.8 Å². The number of benzene rings is 1. The summed E-state index contributed by atoms with van der Waals surface area (Å²) in [6, 6.07) is 6.96. The highest BCUT2D eigenvalue weighted by Crippen LogP contribution is 2.57. The Morgan fingerprint density at radius 2 is 2.20 bits per heavy atom. The summed E-state index contributed by atoms with van der Waals surface area (Å²) in [4.78, 5) is 12.3. The lowest BCUT2D eigenvalue weighted by Crippen LogP contribution is -2.38. The number of fused-ring (bicyclic) bond motifs is 5. The number of Topliss-reactive ketones (excluding diaryl/α,β-unsaturated/α-hetero) is 1. The first kappa shape index (κ1) is 12.4. The Morgan fingerprint density at radius 3 is 2.90 bits per heavy atom. The normalized spacial score (nSPS) is 34.0. The lowest BCUT2D eigenvalue weighted by atomic mass is 9.62. The van der Waals surface area contributed by atoms with Gasteiger partial charge >= 0.3 is 0 Å². The smallest absolute Gasteiger partial charge is 0.138 e. The van der Waals surface area contributed by atoms with Gasteiger partial charge in [0.25, 0.3) is 0 Å². The summed E-state index contributed by atoms with van der Waals surface area (Å²) in [6.07, 6.45) is 11.0. The van der Waals surface area contributed by atoms with Gasteiger partial charge in [-0.05, 0) is 47.8 Å². The Hall–Kier alpha value is -1.37. The van der Waals surface area contributed by atoms with E-state index < -0.39 is 0 Å². The molecular formula is C19H22O. The molecule has 0 N–H and O–H groups in total. The van der Waals surface area contributed by atoms with E-state index in [1.807, 2.05) is 0 Å². The molecular weight excluding hydrogens is 244 g/mol. The van der Waals surface area contributed by atoms with Gasteiger partial charge in [0.1, 0.15) is 5.78 Å². The van der Waals surface area contributed by atoms with Crippen LogP contribution in [0.5, 0.6) is 0 Å². The number of ketones is 1. The molecule has 1 aromatic carbocycles. The Balaban J connectivity index is 1.81. The molecule has 0 heterocycles. The van der Waals surface area contributed by atoms with Gasteiger partial charge < -0.3 is 0 Å². The standard InChI is InChI=1S/C19H22O/c1-2-3-13-5-7-18-15(8-13)10-17(20)12-19(18)11-14-4-6-16(19)9-14/h4-8,14,16H,2-3,9-12H2,1H3. The summed E-state index contributed by atoms with van der Waals surface area (Å²) >= 11 is 0. The van der Waals surface area contributed by atoms with Crippen molar-refractivity contribution < 1.29 is 4.79 Å². The monoisotopic (exact) mass is 266 g/mol. The molecule has 1 aromatic rings. The summed E-state index contributed by atoms with van der Waals surface area (Å²) in [6.45, 7) is 2.22. The zero-order valence-electron chi connectivity index (χ0n) is 12.2. The van der Waals surface area contributed by atoms with Crippen LogP contribution in [-0.4, -0.2) is 5.78 Å². The highest BCUT2D eigenvalue weighted by molar-refractivity contribution is 5.85. The zero-order valence-corrected chi connectivity index (χ0v) is 12.2. The van der Waals surface area contributed by atoms with E-state index in [1.165, 1.54) is 36.0 Å². The van der Waals surface area contributed by atoms with Crippen LogP contribution >= 0.6 is 0 Å². The Bertz CT molecular complexity index is 598. The third-order valence-electron chi connectivity index (χ3n) is 5.65. The van der Waals surface area contributed by atoms with Gasteiger partial charge in [-0.1, -0.05) is 43.7 Å². The highest BCUT2D eigenvalue weighted by Gasteiger charge is 2.52. The summed E-state index contributed by atoms with van der Waals surface area (Å²) in [5.74, 6) is 1.77. The maximum absolute atomic E-state index is 12.3. The minimum Gasteiger partial charge on any atom is -0.299 e. The quantitative estimate of drug-likeness (QED) is 0.740. The first-order valence-corrected chi connectivity index (χ1v) is 8.03. The molecule has 4 rings (SSSR count). The van der Waals surface area contributed by atoms with E-state index >= 15 is 0 Å². The SMILES string of the molecule is CCCc1ccc2c(c1)CC(=O)CC21CC2C=CC1C2. The van der Waals surface area contributed by atoms with E-state index in [0.29, 0.717) is 24.0 Å². The zero-order chi connectivity index (χ0) is 13.7. The van der Waals surface area contributed by atoms with E-state index in [1.54, 1.807) is 0 Å². The van der Waals surface area contributed by atoms with Crippen LogP contribution in [0.3, 0.4) is 0 Å². The van der Waals surface area contributed by atoms with E-state index in [4.69, 9.17) is 0 Å². The second-order valence-corrected chi connectivity index (χ2v) is 6.98.